The number of halogens is 2. The van der Waals surface area contributed by atoms with Crippen molar-refractivity contribution < 1.29 is 8.78 Å². The first-order valence-electron chi connectivity index (χ1n) is 7.25. The minimum atomic E-state index is -2.82. The monoisotopic (exact) mass is 330 g/mol. The zero-order valence-corrected chi connectivity index (χ0v) is 13.4. The van der Waals surface area contributed by atoms with Gasteiger partial charge in [0.1, 0.15) is 5.00 Å². The average molecular weight is 330 g/mol. The van der Waals surface area contributed by atoms with Crippen LogP contribution in [0.5, 0.6) is 0 Å². The van der Waals surface area contributed by atoms with Gasteiger partial charge in [-0.2, -0.15) is 4.37 Å². The molecule has 2 aromatic carbocycles. The Labute approximate surface area is 138 Å². The van der Waals surface area contributed by atoms with Crippen molar-refractivity contribution in [2.24, 2.45) is 0 Å². The minimum Gasteiger partial charge on any atom is -0.372 e. The molecule has 3 rings (SSSR count). The number of aromatic nitrogens is 1. The van der Waals surface area contributed by atoms with Crippen LogP contribution in [0, 0.1) is 0 Å². The lowest BCUT2D eigenvalue weighted by Crippen LogP contribution is -2.06. The third-order valence-corrected chi connectivity index (χ3v) is 4.25. The molecule has 0 aliphatic rings. The van der Waals surface area contributed by atoms with E-state index in [9.17, 15) is 8.78 Å². The highest BCUT2D eigenvalue weighted by molar-refractivity contribution is 7.10. The van der Waals surface area contributed by atoms with Crippen LogP contribution >= 0.6 is 11.5 Å². The number of rotatable bonds is 5. The highest BCUT2D eigenvalue weighted by Crippen LogP contribution is 2.30. The Morgan fingerprint density at radius 3 is 2.39 bits per heavy atom. The summed E-state index contributed by atoms with van der Waals surface area (Å²) in [4.78, 5) is 0. The normalized spacial score (nSPS) is 11.4. The van der Waals surface area contributed by atoms with E-state index in [-0.39, 0.29) is 5.56 Å². The number of hydrogen-bond donors (Lipinski definition) is 1. The second-order valence-corrected chi connectivity index (χ2v) is 6.19. The van der Waals surface area contributed by atoms with E-state index in [1.165, 1.54) is 29.2 Å². The molecule has 0 aliphatic heterocycles. The second-order valence-electron chi connectivity index (χ2n) is 5.38. The molecule has 0 atom stereocenters. The van der Waals surface area contributed by atoms with Crippen molar-refractivity contribution in [3.63, 3.8) is 0 Å². The molecule has 5 heteroatoms. The molecule has 0 saturated heterocycles. The zero-order chi connectivity index (χ0) is 16.3. The molecule has 0 radical (unpaired) electrons. The lowest BCUT2D eigenvalue weighted by atomic mass is 10.1. The molecule has 118 valence electrons. The van der Waals surface area contributed by atoms with Gasteiger partial charge in [0, 0.05) is 30.7 Å². The molecule has 3 aromatic rings. The third kappa shape index (κ3) is 3.93. The molecular formula is C18H16F2N2S. The van der Waals surface area contributed by atoms with Gasteiger partial charge in [-0.05, 0) is 17.1 Å². The molecule has 23 heavy (non-hydrogen) atoms. The van der Waals surface area contributed by atoms with E-state index >= 15 is 0 Å². The van der Waals surface area contributed by atoms with E-state index in [2.05, 4.69) is 21.8 Å². The summed E-state index contributed by atoms with van der Waals surface area (Å²) in [5.74, 6) is -2.82. The quantitative estimate of drug-likeness (QED) is 0.665. The predicted molar refractivity (Wildman–Crippen MR) is 90.9 cm³/mol. The van der Waals surface area contributed by atoms with Gasteiger partial charge in [0.15, 0.2) is 0 Å². The highest BCUT2D eigenvalue weighted by atomic mass is 32.1. The number of anilines is 1. The van der Waals surface area contributed by atoms with Gasteiger partial charge in [-0.1, -0.05) is 54.6 Å². The van der Waals surface area contributed by atoms with Gasteiger partial charge in [-0.25, -0.2) is 8.78 Å². The van der Waals surface area contributed by atoms with Crippen LogP contribution in [0.3, 0.4) is 0 Å². The van der Waals surface area contributed by atoms with Gasteiger partial charge in [0.05, 0.1) is 5.69 Å². The van der Waals surface area contributed by atoms with E-state index in [4.69, 9.17) is 0 Å². The average Bonchev–Trinajstić information content (AvgIpc) is 3.02. The van der Waals surface area contributed by atoms with Crippen LogP contribution in [0.15, 0.2) is 60.7 Å². The van der Waals surface area contributed by atoms with E-state index < -0.39 is 5.92 Å². The summed E-state index contributed by atoms with van der Waals surface area (Å²) < 4.78 is 30.8. The maximum absolute atomic E-state index is 13.2. The molecule has 0 fully saturated rings. The highest BCUT2D eigenvalue weighted by Gasteiger charge is 2.23. The van der Waals surface area contributed by atoms with Crippen molar-refractivity contribution in [1.82, 2.24) is 4.37 Å². The van der Waals surface area contributed by atoms with Crippen LogP contribution in [0.25, 0.3) is 11.3 Å². The Hall–Kier alpha value is -2.27. The molecule has 0 amide bonds. The number of nitrogens with one attached hydrogen (secondary N) is 1. The van der Waals surface area contributed by atoms with Crippen LogP contribution in [0.1, 0.15) is 18.1 Å². The molecule has 0 spiro atoms. The maximum atomic E-state index is 13.2. The lowest BCUT2D eigenvalue weighted by Gasteiger charge is -2.10. The Morgan fingerprint density at radius 1 is 1.04 bits per heavy atom. The standard InChI is InChI=1S/C18H16F2N2S/c1-18(19,20)15-9-7-14(8-10-15)16-11-17(23-22-16)21-12-13-5-3-2-4-6-13/h2-11,21H,12H2,1H3. The first-order valence-corrected chi connectivity index (χ1v) is 8.03. The van der Waals surface area contributed by atoms with Crippen molar-refractivity contribution in [3.8, 4) is 11.3 Å². The van der Waals surface area contributed by atoms with Gasteiger partial charge in [-0.15, -0.1) is 0 Å². The summed E-state index contributed by atoms with van der Waals surface area (Å²) >= 11 is 1.36. The van der Waals surface area contributed by atoms with Gasteiger partial charge < -0.3 is 5.32 Å². The predicted octanol–water partition coefficient (Wildman–Crippen LogP) is 5.53. The lowest BCUT2D eigenvalue weighted by molar-refractivity contribution is 0.0175. The Morgan fingerprint density at radius 2 is 1.74 bits per heavy atom. The first-order chi connectivity index (χ1) is 11.0. The molecule has 0 unspecified atom stereocenters. The Bertz CT molecular complexity index is 762. The van der Waals surface area contributed by atoms with Gasteiger partial charge in [0.25, 0.3) is 5.92 Å². The number of benzene rings is 2. The van der Waals surface area contributed by atoms with Crippen molar-refractivity contribution in [2.75, 3.05) is 5.32 Å². The maximum Gasteiger partial charge on any atom is 0.270 e. The van der Waals surface area contributed by atoms with Crippen molar-refractivity contribution in [2.45, 2.75) is 19.4 Å². The summed E-state index contributed by atoms with van der Waals surface area (Å²) in [5, 5.41) is 4.28. The van der Waals surface area contributed by atoms with Crippen LogP contribution in [-0.4, -0.2) is 4.37 Å². The van der Waals surface area contributed by atoms with Gasteiger partial charge >= 0.3 is 0 Å². The largest absolute Gasteiger partial charge is 0.372 e. The van der Waals surface area contributed by atoms with Crippen LogP contribution in [-0.2, 0) is 12.5 Å². The van der Waals surface area contributed by atoms with Gasteiger partial charge in [-0.3, -0.25) is 0 Å². The molecule has 1 heterocycles. The molecule has 0 bridgehead atoms. The summed E-state index contributed by atoms with van der Waals surface area (Å²) in [5.41, 5.74) is 2.83. The number of alkyl halides is 2. The molecule has 0 aliphatic carbocycles. The van der Waals surface area contributed by atoms with Crippen LogP contribution in [0.2, 0.25) is 0 Å². The van der Waals surface area contributed by atoms with Crippen molar-refractivity contribution in [3.05, 3.63) is 71.8 Å². The third-order valence-electron chi connectivity index (χ3n) is 3.51. The fourth-order valence-corrected chi connectivity index (χ4v) is 2.87. The van der Waals surface area contributed by atoms with Crippen molar-refractivity contribution >= 4 is 16.5 Å². The number of nitrogens with zero attached hydrogens (tertiary/aromatic N) is 1. The molecule has 1 N–H and O–H groups in total. The summed E-state index contributed by atoms with van der Waals surface area (Å²) in [7, 11) is 0. The summed E-state index contributed by atoms with van der Waals surface area (Å²) in [6.07, 6.45) is 0. The molecular weight excluding hydrogens is 314 g/mol. The molecule has 0 saturated carbocycles. The van der Waals surface area contributed by atoms with Crippen molar-refractivity contribution in [1.29, 1.82) is 0 Å². The fourth-order valence-electron chi connectivity index (χ4n) is 2.21. The second kappa shape index (κ2) is 6.46. The van der Waals surface area contributed by atoms with Gasteiger partial charge in [0.2, 0.25) is 0 Å². The fraction of sp³-hybridized carbons (Fsp3) is 0.167. The van der Waals surface area contributed by atoms with E-state index in [0.29, 0.717) is 0 Å². The van der Waals surface area contributed by atoms with Crippen LogP contribution < -0.4 is 5.32 Å². The van der Waals surface area contributed by atoms with E-state index in [1.54, 1.807) is 12.1 Å². The smallest absolute Gasteiger partial charge is 0.270 e. The Balaban J connectivity index is 1.69. The SMILES string of the molecule is CC(F)(F)c1ccc(-c2cc(NCc3ccccc3)sn2)cc1. The number of hydrogen-bond acceptors (Lipinski definition) is 3. The zero-order valence-electron chi connectivity index (χ0n) is 12.6. The minimum absolute atomic E-state index is 0.0129. The van der Waals surface area contributed by atoms with E-state index in [0.717, 1.165) is 29.7 Å². The Kier molecular flexibility index (Phi) is 4.39. The molecule has 1 aromatic heterocycles. The summed E-state index contributed by atoms with van der Waals surface area (Å²) in [6, 6.07) is 18.3. The topological polar surface area (TPSA) is 24.9 Å². The molecule has 2 nitrogen and oxygen atoms in total. The first kappa shape index (κ1) is 15.6. The van der Waals surface area contributed by atoms with E-state index in [1.807, 2.05) is 24.3 Å². The summed E-state index contributed by atoms with van der Waals surface area (Å²) in [6.45, 7) is 1.62. The van der Waals surface area contributed by atoms with Crippen LogP contribution in [0.4, 0.5) is 13.8 Å².